The molecule has 3 atom stereocenters. The Balaban J connectivity index is 1.96. The molecule has 1 heteroatoms. The van der Waals surface area contributed by atoms with Gasteiger partial charge in [-0.25, -0.2) is 0 Å². The van der Waals surface area contributed by atoms with Crippen LogP contribution in [0.4, 0.5) is 0 Å². The van der Waals surface area contributed by atoms with Crippen LogP contribution in [0.2, 0.25) is 0 Å². The van der Waals surface area contributed by atoms with E-state index in [0.717, 1.165) is 23.8 Å². The van der Waals surface area contributed by atoms with E-state index in [-0.39, 0.29) is 6.61 Å². The Morgan fingerprint density at radius 1 is 1.56 bits per heavy atom. The molecule has 0 spiro atoms. The monoisotopic (exact) mass is 220 g/mol. The van der Waals surface area contributed by atoms with Crippen molar-refractivity contribution < 1.29 is 5.11 Å². The quantitative estimate of drug-likeness (QED) is 0.716. The van der Waals surface area contributed by atoms with Gasteiger partial charge in [-0.3, -0.25) is 0 Å². The summed E-state index contributed by atoms with van der Waals surface area (Å²) in [5.74, 6) is 1.70. The smallest absolute Gasteiger partial charge is 0.0639 e. The van der Waals surface area contributed by atoms with Crippen LogP contribution in [0.1, 0.15) is 46.0 Å². The zero-order chi connectivity index (χ0) is 11.8. The SMILES string of the molecule is C=C1[C@@H]2CC[C@H](C2)C1(C)CC/C=C(/C)CO. The molecule has 2 aliphatic rings. The van der Waals surface area contributed by atoms with E-state index >= 15 is 0 Å². The summed E-state index contributed by atoms with van der Waals surface area (Å²) in [6.45, 7) is 8.94. The molecule has 1 N–H and O–H groups in total. The number of allylic oxidation sites excluding steroid dienone is 2. The summed E-state index contributed by atoms with van der Waals surface area (Å²) in [6.07, 6.45) is 8.66. The Kier molecular flexibility index (Phi) is 3.25. The number of aliphatic hydroxyl groups is 1. The van der Waals surface area contributed by atoms with Crippen molar-refractivity contribution in [2.45, 2.75) is 46.0 Å². The lowest BCUT2D eigenvalue weighted by Crippen LogP contribution is -2.26. The second-order valence-electron chi connectivity index (χ2n) is 5.90. The fourth-order valence-corrected chi connectivity index (χ4v) is 3.65. The van der Waals surface area contributed by atoms with E-state index in [2.05, 4.69) is 19.6 Å². The molecule has 0 aliphatic heterocycles. The first kappa shape index (κ1) is 11.9. The van der Waals surface area contributed by atoms with Crippen molar-refractivity contribution in [3.8, 4) is 0 Å². The van der Waals surface area contributed by atoms with Crippen molar-refractivity contribution in [3.05, 3.63) is 23.8 Å². The molecule has 0 aromatic heterocycles. The summed E-state index contributed by atoms with van der Waals surface area (Å²) < 4.78 is 0. The van der Waals surface area contributed by atoms with Crippen LogP contribution in [0, 0.1) is 17.3 Å². The van der Waals surface area contributed by atoms with Gasteiger partial charge in [-0.1, -0.05) is 30.7 Å². The van der Waals surface area contributed by atoms with Crippen LogP contribution in [0.3, 0.4) is 0 Å². The van der Waals surface area contributed by atoms with Gasteiger partial charge in [0.1, 0.15) is 0 Å². The zero-order valence-corrected chi connectivity index (χ0v) is 10.6. The van der Waals surface area contributed by atoms with Gasteiger partial charge in [0.2, 0.25) is 0 Å². The van der Waals surface area contributed by atoms with E-state index in [1.54, 1.807) is 0 Å². The van der Waals surface area contributed by atoms with Crippen LogP contribution >= 0.6 is 0 Å². The minimum atomic E-state index is 0.198. The van der Waals surface area contributed by atoms with Gasteiger partial charge in [-0.05, 0) is 56.3 Å². The van der Waals surface area contributed by atoms with Crippen LogP contribution in [0.25, 0.3) is 0 Å². The molecule has 1 nitrogen and oxygen atoms in total. The minimum Gasteiger partial charge on any atom is -0.392 e. The van der Waals surface area contributed by atoms with Gasteiger partial charge in [-0.2, -0.15) is 0 Å². The normalized spacial score (nSPS) is 38.4. The molecule has 0 aromatic rings. The van der Waals surface area contributed by atoms with Crippen molar-refractivity contribution in [3.63, 3.8) is 0 Å². The van der Waals surface area contributed by atoms with Crippen molar-refractivity contribution >= 4 is 0 Å². The first-order valence-corrected chi connectivity index (χ1v) is 6.53. The molecular weight excluding hydrogens is 196 g/mol. The van der Waals surface area contributed by atoms with Crippen LogP contribution in [0.15, 0.2) is 23.8 Å². The summed E-state index contributed by atoms with van der Waals surface area (Å²) in [5.41, 5.74) is 2.99. The predicted molar refractivity (Wildman–Crippen MR) is 68.2 cm³/mol. The van der Waals surface area contributed by atoms with E-state index in [1.807, 2.05) is 6.92 Å². The predicted octanol–water partition coefficient (Wildman–Crippen LogP) is 3.70. The average molecular weight is 220 g/mol. The maximum atomic E-state index is 8.96. The third kappa shape index (κ3) is 1.86. The van der Waals surface area contributed by atoms with Crippen molar-refractivity contribution in [1.29, 1.82) is 0 Å². The Morgan fingerprint density at radius 3 is 2.88 bits per heavy atom. The first-order chi connectivity index (χ1) is 7.58. The van der Waals surface area contributed by atoms with E-state index in [9.17, 15) is 0 Å². The van der Waals surface area contributed by atoms with E-state index in [4.69, 9.17) is 5.11 Å². The second-order valence-corrected chi connectivity index (χ2v) is 5.90. The summed E-state index contributed by atoms with van der Waals surface area (Å²) in [5, 5.41) is 8.96. The topological polar surface area (TPSA) is 20.2 Å². The van der Waals surface area contributed by atoms with Gasteiger partial charge in [0, 0.05) is 0 Å². The van der Waals surface area contributed by atoms with Gasteiger partial charge in [-0.15, -0.1) is 0 Å². The Hall–Kier alpha value is -0.560. The summed E-state index contributed by atoms with van der Waals surface area (Å²) in [6, 6.07) is 0. The Bertz CT molecular complexity index is 315. The molecule has 2 rings (SSSR count). The molecule has 2 bridgehead atoms. The third-order valence-corrected chi connectivity index (χ3v) is 4.97. The van der Waals surface area contributed by atoms with Gasteiger partial charge in [0.05, 0.1) is 6.61 Å². The van der Waals surface area contributed by atoms with Crippen molar-refractivity contribution in [2.75, 3.05) is 6.61 Å². The van der Waals surface area contributed by atoms with Crippen LogP contribution in [0.5, 0.6) is 0 Å². The lowest BCUT2D eigenvalue weighted by Gasteiger charge is -2.36. The number of aliphatic hydroxyl groups excluding tert-OH is 1. The molecule has 2 aliphatic carbocycles. The van der Waals surface area contributed by atoms with E-state index < -0.39 is 0 Å². The Labute approximate surface area is 99.3 Å². The summed E-state index contributed by atoms with van der Waals surface area (Å²) in [4.78, 5) is 0. The molecule has 2 saturated carbocycles. The Morgan fingerprint density at radius 2 is 2.31 bits per heavy atom. The standard InChI is InChI=1S/C15H24O/c1-11(10-16)5-4-8-15(3)12(2)13-6-7-14(15)9-13/h5,13-14,16H,2,4,6-10H2,1,3H3/b11-5-/t13-,14-,15?/m1/s1. The fraction of sp³-hybridized carbons (Fsp3) is 0.733. The van der Waals surface area contributed by atoms with Gasteiger partial charge in [0.15, 0.2) is 0 Å². The highest BCUT2D eigenvalue weighted by atomic mass is 16.3. The van der Waals surface area contributed by atoms with Crippen molar-refractivity contribution in [2.24, 2.45) is 17.3 Å². The molecule has 1 unspecified atom stereocenters. The second kappa shape index (κ2) is 4.37. The highest BCUT2D eigenvalue weighted by Crippen LogP contribution is 2.60. The van der Waals surface area contributed by atoms with Gasteiger partial charge < -0.3 is 5.11 Å². The number of rotatable bonds is 4. The third-order valence-electron chi connectivity index (χ3n) is 4.97. The highest BCUT2D eigenvalue weighted by Gasteiger charge is 2.49. The molecule has 2 fully saturated rings. The molecular formula is C15H24O. The molecule has 0 heterocycles. The van der Waals surface area contributed by atoms with Crippen LogP contribution in [-0.4, -0.2) is 11.7 Å². The highest BCUT2D eigenvalue weighted by molar-refractivity contribution is 5.24. The van der Waals surface area contributed by atoms with Gasteiger partial charge in [0.25, 0.3) is 0 Å². The lowest BCUT2D eigenvalue weighted by molar-refractivity contribution is 0.240. The minimum absolute atomic E-state index is 0.198. The molecule has 90 valence electrons. The molecule has 0 saturated heterocycles. The fourth-order valence-electron chi connectivity index (χ4n) is 3.65. The van der Waals surface area contributed by atoms with E-state index in [0.29, 0.717) is 5.41 Å². The summed E-state index contributed by atoms with van der Waals surface area (Å²) in [7, 11) is 0. The number of fused-ring (bicyclic) bond motifs is 2. The van der Waals surface area contributed by atoms with E-state index in [1.165, 1.54) is 31.3 Å². The molecule has 0 aromatic carbocycles. The van der Waals surface area contributed by atoms with Gasteiger partial charge >= 0.3 is 0 Å². The first-order valence-electron chi connectivity index (χ1n) is 6.53. The lowest BCUT2D eigenvalue weighted by atomic mass is 9.69. The largest absolute Gasteiger partial charge is 0.392 e. The maximum Gasteiger partial charge on any atom is 0.0639 e. The molecule has 0 amide bonds. The molecule has 0 radical (unpaired) electrons. The summed E-state index contributed by atoms with van der Waals surface area (Å²) >= 11 is 0. The van der Waals surface area contributed by atoms with Crippen LogP contribution < -0.4 is 0 Å². The number of hydrogen-bond acceptors (Lipinski definition) is 1. The zero-order valence-electron chi connectivity index (χ0n) is 10.6. The average Bonchev–Trinajstić information content (AvgIpc) is 2.83. The van der Waals surface area contributed by atoms with Crippen molar-refractivity contribution in [1.82, 2.24) is 0 Å². The molecule has 16 heavy (non-hydrogen) atoms. The number of hydrogen-bond donors (Lipinski definition) is 1. The van der Waals surface area contributed by atoms with Crippen LogP contribution in [-0.2, 0) is 0 Å². The maximum absolute atomic E-state index is 8.96.